The lowest BCUT2D eigenvalue weighted by atomic mass is 9.63. The van der Waals surface area contributed by atoms with Crippen LogP contribution in [0.25, 0.3) is 22.3 Å². The second-order valence-corrected chi connectivity index (χ2v) is 12.5. The molecule has 0 unspecified atom stereocenters. The molecule has 0 amide bonds. The van der Waals surface area contributed by atoms with E-state index < -0.39 is 0 Å². The minimum absolute atomic E-state index is 0.124. The Kier molecular flexibility index (Phi) is 9.73. The summed E-state index contributed by atoms with van der Waals surface area (Å²) in [7, 11) is 1.40. The number of rotatable bonds is 12. The van der Waals surface area contributed by atoms with Gasteiger partial charge in [0.2, 0.25) is 0 Å². The minimum atomic E-state index is -0.330. The molecular weight excluding hydrogens is 496 g/mol. The van der Waals surface area contributed by atoms with E-state index in [1.807, 2.05) is 24.3 Å². The minimum Gasteiger partial charge on any atom is -0.493 e. The van der Waals surface area contributed by atoms with Crippen LogP contribution >= 0.6 is 0 Å². The van der Waals surface area contributed by atoms with Gasteiger partial charge in [-0.1, -0.05) is 89.8 Å². The molecule has 4 rings (SSSR count). The lowest BCUT2D eigenvalue weighted by molar-refractivity contribution is 0.0600. The SMILES string of the molecule is COC(=O)c1ccc(-c2ccc(OCCCCCCCCO)c(-c3ccc4c(c3)C(C)(C)CCC4(C)C)c2)cc1. The number of methoxy groups -OCH3 is 1. The van der Waals surface area contributed by atoms with Gasteiger partial charge in [-0.2, -0.15) is 0 Å². The van der Waals surface area contributed by atoms with Crippen LogP contribution in [0.15, 0.2) is 60.7 Å². The molecule has 0 aromatic heterocycles. The van der Waals surface area contributed by atoms with Gasteiger partial charge in [-0.05, 0) is 88.6 Å². The van der Waals surface area contributed by atoms with E-state index in [1.54, 1.807) is 0 Å². The Labute approximate surface area is 240 Å². The number of aliphatic hydroxyl groups is 1. The Hall–Kier alpha value is -3.11. The zero-order valence-corrected chi connectivity index (χ0v) is 25.0. The zero-order chi connectivity index (χ0) is 28.8. The van der Waals surface area contributed by atoms with E-state index in [4.69, 9.17) is 14.6 Å². The fraction of sp³-hybridized carbons (Fsp3) is 0.472. The summed E-state index contributed by atoms with van der Waals surface area (Å²) in [5.74, 6) is 0.576. The molecule has 3 aromatic carbocycles. The molecule has 1 N–H and O–H groups in total. The van der Waals surface area contributed by atoms with Gasteiger partial charge >= 0.3 is 5.97 Å². The number of benzene rings is 3. The molecule has 0 fully saturated rings. The van der Waals surface area contributed by atoms with E-state index in [9.17, 15) is 4.79 Å². The molecule has 0 heterocycles. The van der Waals surface area contributed by atoms with Crippen molar-refractivity contribution < 1.29 is 19.4 Å². The molecule has 0 bridgehead atoms. The van der Waals surface area contributed by atoms with Crippen LogP contribution in [0.1, 0.15) is 101 Å². The van der Waals surface area contributed by atoms with Crippen molar-refractivity contribution in [2.24, 2.45) is 0 Å². The lowest BCUT2D eigenvalue weighted by Gasteiger charge is -2.42. The average Bonchev–Trinajstić information content (AvgIpc) is 2.96. The number of hydrogen-bond donors (Lipinski definition) is 1. The third-order valence-corrected chi connectivity index (χ3v) is 8.59. The number of ether oxygens (including phenoxy) is 2. The van der Waals surface area contributed by atoms with Crippen LogP contribution in [-0.4, -0.2) is 31.4 Å². The van der Waals surface area contributed by atoms with Crippen molar-refractivity contribution in [3.8, 4) is 28.0 Å². The van der Waals surface area contributed by atoms with Gasteiger partial charge in [-0.15, -0.1) is 0 Å². The van der Waals surface area contributed by atoms with Crippen molar-refractivity contribution in [2.75, 3.05) is 20.3 Å². The lowest BCUT2D eigenvalue weighted by Crippen LogP contribution is -2.33. The number of fused-ring (bicyclic) bond motifs is 1. The molecule has 214 valence electrons. The molecule has 3 aromatic rings. The second kappa shape index (κ2) is 13.0. The quantitative estimate of drug-likeness (QED) is 0.183. The van der Waals surface area contributed by atoms with Gasteiger partial charge < -0.3 is 14.6 Å². The number of carbonyl (C=O) groups is 1. The molecule has 4 nitrogen and oxygen atoms in total. The van der Waals surface area contributed by atoms with Gasteiger partial charge in [-0.3, -0.25) is 0 Å². The predicted octanol–water partition coefficient (Wildman–Crippen LogP) is 8.87. The summed E-state index contributed by atoms with van der Waals surface area (Å²) >= 11 is 0. The van der Waals surface area contributed by atoms with Crippen LogP contribution in [-0.2, 0) is 15.6 Å². The summed E-state index contributed by atoms with van der Waals surface area (Å²) < 4.78 is 11.3. The van der Waals surface area contributed by atoms with Crippen molar-refractivity contribution in [2.45, 2.75) is 89.9 Å². The Morgan fingerprint density at radius 2 is 1.32 bits per heavy atom. The van der Waals surface area contributed by atoms with E-state index in [2.05, 4.69) is 64.1 Å². The van der Waals surface area contributed by atoms with Crippen molar-refractivity contribution in [1.29, 1.82) is 0 Å². The normalized spacial score (nSPS) is 15.3. The third-order valence-electron chi connectivity index (χ3n) is 8.59. The predicted molar refractivity (Wildman–Crippen MR) is 164 cm³/mol. The molecule has 40 heavy (non-hydrogen) atoms. The van der Waals surface area contributed by atoms with Gasteiger partial charge in [0.15, 0.2) is 0 Å². The topological polar surface area (TPSA) is 55.8 Å². The Morgan fingerprint density at radius 1 is 0.725 bits per heavy atom. The van der Waals surface area contributed by atoms with E-state index in [0.29, 0.717) is 12.2 Å². The van der Waals surface area contributed by atoms with Gasteiger partial charge in [0, 0.05) is 12.2 Å². The average molecular weight is 543 g/mol. The van der Waals surface area contributed by atoms with E-state index in [-0.39, 0.29) is 23.4 Å². The van der Waals surface area contributed by atoms with E-state index in [1.165, 1.54) is 43.1 Å². The summed E-state index contributed by atoms with van der Waals surface area (Å²) in [6.07, 6.45) is 8.83. The number of unbranched alkanes of at least 4 members (excludes halogenated alkanes) is 5. The Morgan fingerprint density at radius 3 is 2.00 bits per heavy atom. The molecule has 0 radical (unpaired) electrons. The number of esters is 1. The first-order valence-corrected chi connectivity index (χ1v) is 14.9. The first kappa shape index (κ1) is 29.9. The highest BCUT2D eigenvalue weighted by molar-refractivity contribution is 5.90. The Bertz CT molecular complexity index is 1290. The monoisotopic (exact) mass is 542 g/mol. The summed E-state index contributed by atoms with van der Waals surface area (Å²) in [5, 5.41) is 8.97. The Balaban J connectivity index is 1.64. The van der Waals surface area contributed by atoms with Gasteiger partial charge in [0.25, 0.3) is 0 Å². The largest absolute Gasteiger partial charge is 0.493 e. The molecule has 0 atom stereocenters. The fourth-order valence-corrected chi connectivity index (χ4v) is 5.84. The highest BCUT2D eigenvalue weighted by Gasteiger charge is 2.37. The highest BCUT2D eigenvalue weighted by Crippen LogP contribution is 2.47. The van der Waals surface area contributed by atoms with Crippen LogP contribution in [0.4, 0.5) is 0 Å². The third kappa shape index (κ3) is 6.96. The smallest absolute Gasteiger partial charge is 0.337 e. The second-order valence-electron chi connectivity index (χ2n) is 12.5. The van der Waals surface area contributed by atoms with Crippen LogP contribution in [0, 0.1) is 0 Å². The zero-order valence-electron chi connectivity index (χ0n) is 25.0. The number of aliphatic hydroxyl groups excluding tert-OH is 1. The van der Waals surface area contributed by atoms with Crippen molar-refractivity contribution >= 4 is 5.97 Å². The molecule has 0 saturated carbocycles. The molecular formula is C36H46O4. The molecule has 4 heteroatoms. The maximum absolute atomic E-state index is 11.9. The van der Waals surface area contributed by atoms with Crippen molar-refractivity contribution in [1.82, 2.24) is 0 Å². The maximum Gasteiger partial charge on any atom is 0.337 e. The van der Waals surface area contributed by atoms with Gasteiger partial charge in [0.05, 0.1) is 19.3 Å². The first-order chi connectivity index (χ1) is 19.2. The molecule has 1 aliphatic carbocycles. The maximum atomic E-state index is 11.9. The van der Waals surface area contributed by atoms with Crippen LogP contribution < -0.4 is 4.74 Å². The standard InChI is InChI=1S/C36H46O4/c1-35(2)20-21-36(3,4)32-25-29(16-18-31(32)35)30-24-28(26-12-14-27(15-13-26)34(38)39-5)17-19-33(30)40-23-11-9-7-6-8-10-22-37/h12-19,24-25,37H,6-11,20-23H2,1-5H3. The van der Waals surface area contributed by atoms with Gasteiger partial charge in [0.1, 0.15) is 5.75 Å². The van der Waals surface area contributed by atoms with Crippen molar-refractivity contribution in [3.05, 3.63) is 77.4 Å². The first-order valence-electron chi connectivity index (χ1n) is 14.9. The molecule has 0 spiro atoms. The summed E-state index contributed by atoms with van der Waals surface area (Å²) in [6.45, 7) is 10.4. The summed E-state index contributed by atoms with van der Waals surface area (Å²) in [4.78, 5) is 11.9. The van der Waals surface area contributed by atoms with E-state index >= 15 is 0 Å². The highest BCUT2D eigenvalue weighted by atomic mass is 16.5. The molecule has 0 aliphatic heterocycles. The molecule has 0 saturated heterocycles. The van der Waals surface area contributed by atoms with Crippen LogP contribution in [0.3, 0.4) is 0 Å². The molecule has 1 aliphatic rings. The van der Waals surface area contributed by atoms with Crippen LogP contribution in [0.2, 0.25) is 0 Å². The van der Waals surface area contributed by atoms with Gasteiger partial charge in [-0.25, -0.2) is 4.79 Å². The van der Waals surface area contributed by atoms with E-state index in [0.717, 1.165) is 54.5 Å². The van der Waals surface area contributed by atoms with Crippen molar-refractivity contribution in [3.63, 3.8) is 0 Å². The summed E-state index contributed by atoms with van der Waals surface area (Å²) in [5.41, 5.74) is 8.12. The summed E-state index contributed by atoms with van der Waals surface area (Å²) in [6, 6.07) is 21.0. The fourth-order valence-electron chi connectivity index (χ4n) is 5.84. The van der Waals surface area contributed by atoms with Crippen LogP contribution in [0.5, 0.6) is 5.75 Å². The number of hydrogen-bond acceptors (Lipinski definition) is 4. The number of carbonyl (C=O) groups excluding carboxylic acids is 1.